The molecule has 9 nitrogen and oxygen atoms in total. The molecule has 0 spiro atoms. The zero-order valence-electron chi connectivity index (χ0n) is 18.6. The van der Waals surface area contributed by atoms with Gasteiger partial charge in [0.05, 0.1) is 17.8 Å². The highest BCUT2D eigenvalue weighted by molar-refractivity contribution is 6.32. The highest BCUT2D eigenvalue weighted by Crippen LogP contribution is 2.27. The molecule has 2 aromatic heterocycles. The number of halogens is 1. The number of piperazine rings is 1. The van der Waals surface area contributed by atoms with Crippen LogP contribution in [0, 0.1) is 20.8 Å². The van der Waals surface area contributed by atoms with E-state index in [0.717, 1.165) is 23.0 Å². The van der Waals surface area contributed by atoms with Gasteiger partial charge in [-0.1, -0.05) is 11.6 Å². The van der Waals surface area contributed by atoms with Crippen LogP contribution in [0.3, 0.4) is 0 Å². The molecule has 0 saturated carbocycles. The summed E-state index contributed by atoms with van der Waals surface area (Å²) in [5.41, 5.74) is 2.59. The Bertz CT molecular complexity index is 1140. The summed E-state index contributed by atoms with van der Waals surface area (Å²) in [6.45, 7) is 8.34. The number of rotatable bonds is 4. The Morgan fingerprint density at radius 1 is 1.03 bits per heavy atom. The van der Waals surface area contributed by atoms with E-state index in [4.69, 9.17) is 16.3 Å². The van der Waals surface area contributed by atoms with Gasteiger partial charge in [-0.05, 0) is 45.0 Å². The van der Waals surface area contributed by atoms with E-state index in [2.05, 4.69) is 25.3 Å². The van der Waals surface area contributed by atoms with Gasteiger partial charge in [0.15, 0.2) is 5.82 Å². The molecule has 10 heteroatoms. The average Bonchev–Trinajstić information content (AvgIpc) is 3.11. The molecule has 0 bridgehead atoms. The lowest BCUT2D eigenvalue weighted by atomic mass is 10.3. The molecule has 0 radical (unpaired) electrons. The predicted molar refractivity (Wildman–Crippen MR) is 124 cm³/mol. The number of aryl methyl sites for hydroxylation is 3. The summed E-state index contributed by atoms with van der Waals surface area (Å²) < 4.78 is 6.98. The van der Waals surface area contributed by atoms with E-state index in [1.165, 1.54) is 0 Å². The van der Waals surface area contributed by atoms with Gasteiger partial charge in [0, 0.05) is 43.6 Å². The van der Waals surface area contributed by atoms with Crippen molar-refractivity contribution >= 4 is 29.1 Å². The number of carbonyl (C=O) groups excluding carboxylic acids is 1. The lowest BCUT2D eigenvalue weighted by Gasteiger charge is -2.35. The molecule has 2 amide bonds. The molecular weight excluding hydrogens is 430 g/mol. The van der Waals surface area contributed by atoms with E-state index in [1.807, 2.05) is 37.6 Å². The summed E-state index contributed by atoms with van der Waals surface area (Å²) in [7, 11) is 1.55. The fourth-order valence-corrected chi connectivity index (χ4v) is 4.01. The van der Waals surface area contributed by atoms with Gasteiger partial charge in [-0.25, -0.2) is 19.4 Å². The van der Waals surface area contributed by atoms with Crippen molar-refractivity contribution < 1.29 is 9.53 Å². The minimum Gasteiger partial charge on any atom is -0.495 e. The molecule has 168 valence electrons. The highest BCUT2D eigenvalue weighted by atomic mass is 35.5. The van der Waals surface area contributed by atoms with Crippen LogP contribution in [-0.4, -0.2) is 64.0 Å². The second kappa shape index (κ2) is 9.04. The van der Waals surface area contributed by atoms with Gasteiger partial charge in [-0.15, -0.1) is 0 Å². The monoisotopic (exact) mass is 455 g/mol. The first kappa shape index (κ1) is 21.9. The predicted octanol–water partition coefficient (Wildman–Crippen LogP) is 3.60. The molecule has 32 heavy (non-hydrogen) atoms. The molecule has 0 atom stereocenters. The van der Waals surface area contributed by atoms with Gasteiger partial charge >= 0.3 is 6.03 Å². The molecule has 1 aromatic carbocycles. The third-order valence-corrected chi connectivity index (χ3v) is 5.63. The van der Waals surface area contributed by atoms with Crippen molar-refractivity contribution in [3.05, 3.63) is 52.6 Å². The second-order valence-corrected chi connectivity index (χ2v) is 8.13. The molecule has 1 fully saturated rings. The zero-order valence-corrected chi connectivity index (χ0v) is 19.3. The van der Waals surface area contributed by atoms with E-state index < -0.39 is 0 Å². The molecular formula is C22H26ClN7O2. The fraction of sp³-hybridized carbons (Fsp3) is 0.364. The number of hydrogen-bond acceptors (Lipinski definition) is 6. The zero-order chi connectivity index (χ0) is 22.8. The average molecular weight is 456 g/mol. The molecule has 0 aliphatic carbocycles. The number of anilines is 2. The molecule has 1 aliphatic rings. The standard InChI is InChI=1S/C22H26ClN7O2/c1-14-11-15(2)30(27-14)21-13-20(24-16(3)25-21)28-7-9-29(10-8-28)22(31)26-17-5-6-19(32-4)18(23)12-17/h5-6,11-13H,7-10H2,1-4H3,(H,26,31). The maximum atomic E-state index is 12.7. The number of nitrogens with zero attached hydrogens (tertiary/aromatic N) is 6. The van der Waals surface area contributed by atoms with Crippen LogP contribution in [0.2, 0.25) is 5.02 Å². The Morgan fingerprint density at radius 3 is 2.38 bits per heavy atom. The van der Waals surface area contributed by atoms with Gasteiger partial charge in [0.25, 0.3) is 0 Å². The summed E-state index contributed by atoms with van der Waals surface area (Å²) in [6.07, 6.45) is 0. The number of urea groups is 1. The number of methoxy groups -OCH3 is 1. The van der Waals surface area contributed by atoms with E-state index >= 15 is 0 Å². The van der Waals surface area contributed by atoms with Crippen molar-refractivity contribution in [1.29, 1.82) is 0 Å². The number of benzene rings is 1. The summed E-state index contributed by atoms with van der Waals surface area (Å²) in [4.78, 5) is 25.8. The van der Waals surface area contributed by atoms with E-state index in [-0.39, 0.29) is 6.03 Å². The van der Waals surface area contributed by atoms with Crippen molar-refractivity contribution in [2.45, 2.75) is 20.8 Å². The number of carbonyl (C=O) groups is 1. The minimum absolute atomic E-state index is 0.159. The Labute approximate surface area is 192 Å². The summed E-state index contributed by atoms with van der Waals surface area (Å²) in [6, 6.07) is 8.98. The molecule has 1 N–H and O–H groups in total. The topological polar surface area (TPSA) is 88.4 Å². The van der Waals surface area contributed by atoms with E-state index in [0.29, 0.717) is 48.5 Å². The number of aromatic nitrogens is 4. The van der Waals surface area contributed by atoms with Crippen molar-refractivity contribution in [2.75, 3.05) is 43.5 Å². The Morgan fingerprint density at radius 2 is 1.75 bits per heavy atom. The number of nitrogens with one attached hydrogen (secondary N) is 1. The molecule has 4 rings (SSSR count). The van der Waals surface area contributed by atoms with Crippen LogP contribution in [0.25, 0.3) is 5.82 Å². The highest BCUT2D eigenvalue weighted by Gasteiger charge is 2.23. The van der Waals surface area contributed by atoms with Crippen LogP contribution in [-0.2, 0) is 0 Å². The second-order valence-electron chi connectivity index (χ2n) is 7.72. The molecule has 3 aromatic rings. The SMILES string of the molecule is COc1ccc(NC(=O)N2CCN(c3cc(-n4nc(C)cc4C)nc(C)n3)CC2)cc1Cl. The third-order valence-electron chi connectivity index (χ3n) is 5.33. The number of ether oxygens (including phenoxy) is 1. The Kier molecular flexibility index (Phi) is 6.18. The molecule has 3 heterocycles. The Balaban J connectivity index is 1.42. The first-order chi connectivity index (χ1) is 15.3. The van der Waals surface area contributed by atoms with Gasteiger partial charge in [-0.3, -0.25) is 0 Å². The van der Waals surface area contributed by atoms with Crippen molar-refractivity contribution in [3.63, 3.8) is 0 Å². The van der Waals surface area contributed by atoms with Crippen LogP contribution in [0.15, 0.2) is 30.3 Å². The quantitative estimate of drug-likeness (QED) is 0.646. The van der Waals surface area contributed by atoms with Crippen molar-refractivity contribution in [3.8, 4) is 11.6 Å². The van der Waals surface area contributed by atoms with Crippen LogP contribution in [0.4, 0.5) is 16.3 Å². The largest absolute Gasteiger partial charge is 0.495 e. The van der Waals surface area contributed by atoms with Crippen molar-refractivity contribution in [2.24, 2.45) is 0 Å². The lowest BCUT2D eigenvalue weighted by molar-refractivity contribution is 0.208. The van der Waals surface area contributed by atoms with Gasteiger partial charge in [0.1, 0.15) is 17.4 Å². The summed E-state index contributed by atoms with van der Waals surface area (Å²) in [5.74, 6) is 2.83. The Hall–Kier alpha value is -3.33. The minimum atomic E-state index is -0.159. The van der Waals surface area contributed by atoms with Crippen LogP contribution in [0.5, 0.6) is 5.75 Å². The maximum absolute atomic E-state index is 12.7. The molecule has 1 aliphatic heterocycles. The number of amides is 2. The van der Waals surface area contributed by atoms with Crippen LogP contribution in [0.1, 0.15) is 17.2 Å². The third kappa shape index (κ3) is 4.62. The summed E-state index contributed by atoms with van der Waals surface area (Å²) in [5, 5.41) is 7.88. The first-order valence-corrected chi connectivity index (χ1v) is 10.8. The van der Waals surface area contributed by atoms with E-state index in [9.17, 15) is 4.79 Å². The van der Waals surface area contributed by atoms with E-state index in [1.54, 1.807) is 30.2 Å². The van der Waals surface area contributed by atoms with Gasteiger partial charge in [0.2, 0.25) is 0 Å². The summed E-state index contributed by atoms with van der Waals surface area (Å²) >= 11 is 6.15. The van der Waals surface area contributed by atoms with Gasteiger partial charge in [-0.2, -0.15) is 5.10 Å². The molecule has 1 saturated heterocycles. The normalized spacial score (nSPS) is 13.9. The molecule has 0 unspecified atom stereocenters. The first-order valence-electron chi connectivity index (χ1n) is 10.4. The van der Waals surface area contributed by atoms with Gasteiger partial charge < -0.3 is 19.9 Å². The maximum Gasteiger partial charge on any atom is 0.321 e. The number of hydrogen-bond donors (Lipinski definition) is 1. The smallest absolute Gasteiger partial charge is 0.321 e. The van der Waals surface area contributed by atoms with Crippen molar-refractivity contribution in [1.82, 2.24) is 24.6 Å². The van der Waals surface area contributed by atoms with Crippen LogP contribution < -0.4 is 15.0 Å². The lowest BCUT2D eigenvalue weighted by Crippen LogP contribution is -2.50. The fourth-order valence-electron chi connectivity index (χ4n) is 3.75. The van der Waals surface area contributed by atoms with Crippen LogP contribution >= 0.6 is 11.6 Å².